The van der Waals surface area contributed by atoms with Gasteiger partial charge < -0.3 is 20.3 Å². The molecule has 4 heterocycles. The summed E-state index contributed by atoms with van der Waals surface area (Å²) in [6.45, 7) is 16.1. The summed E-state index contributed by atoms with van der Waals surface area (Å²) in [6, 6.07) is 45.2. The zero-order valence-electron chi connectivity index (χ0n) is 52.0. The van der Waals surface area contributed by atoms with Crippen molar-refractivity contribution in [1.82, 2.24) is 29.4 Å². The molecule has 4 saturated heterocycles. The maximum Gasteiger partial charge on any atom is 0.337 e. The van der Waals surface area contributed by atoms with E-state index in [4.69, 9.17) is 10.5 Å². The van der Waals surface area contributed by atoms with E-state index in [0.29, 0.717) is 35.5 Å². The highest BCUT2D eigenvalue weighted by atomic mass is 32.2. The zero-order valence-corrected chi connectivity index (χ0v) is 53.6. The third-order valence-corrected chi connectivity index (χ3v) is 20.7. The molecule has 10 rings (SSSR count). The number of methoxy groups -OCH3 is 1. The van der Waals surface area contributed by atoms with E-state index in [9.17, 15) is 36.0 Å². The molecule has 4 atom stereocenters. The van der Waals surface area contributed by atoms with Crippen molar-refractivity contribution < 1.29 is 49.5 Å². The molecule has 0 aromatic heterocycles. The summed E-state index contributed by atoms with van der Waals surface area (Å²) in [5, 5.41) is 0. The number of piperazine rings is 2. The van der Waals surface area contributed by atoms with Crippen LogP contribution in [-0.2, 0) is 63.7 Å². The molecule has 4 amide bonds. The molecule has 0 unspecified atom stereocenters. The number of hydrogen-bond acceptors (Lipinski definition) is 14. The fraction of sp³-hybridized carbons (Fsp3) is 0.412. The number of amides is 4. The highest BCUT2D eigenvalue weighted by Gasteiger charge is 2.34. The van der Waals surface area contributed by atoms with Gasteiger partial charge in [-0.1, -0.05) is 103 Å². The number of sulfone groups is 2. The van der Waals surface area contributed by atoms with Gasteiger partial charge in [-0.3, -0.25) is 34.2 Å². The first-order valence-electron chi connectivity index (χ1n) is 30.7. The van der Waals surface area contributed by atoms with E-state index < -0.39 is 49.3 Å². The number of carbonyl (C=O) groups is 4. The number of anilines is 2. The maximum atomic E-state index is 15.1. The lowest BCUT2D eigenvalue weighted by Gasteiger charge is -2.44. The standard InChI is InChI=1S/C34H42FN5O4S.C34H41FN4O5S/c1-25-20-37(22-27-6-4-3-5-7-27)21-26(2)39(25)23-28-8-12-31(13-9-28)40(34(42)38-14-16-45(43,44)17-15-38)24-30-11-10-29(18-32(30)35)33(41)19-36;1-25-20-36(22-27-7-5-4-6-8-27)21-26(2)38(25)23-28-9-13-31(14-10-28)39(34(41)37-15-17-45(42,43)18-16-37)24-30-12-11-29(19-32(30)35)33(40)44-3/h3-13,18,25-26H,14-17,19-24,36H2,1-2H3;4-14,19,25-26H,15-18,20-24H2,1-3H3/t2*25-,26+. The second-order valence-electron chi connectivity index (χ2n) is 24.2. The van der Waals surface area contributed by atoms with Gasteiger partial charge in [0.2, 0.25) is 0 Å². The average Bonchev–Trinajstić information content (AvgIpc) is 1.12. The number of urea groups is 2. The summed E-state index contributed by atoms with van der Waals surface area (Å²) in [5.41, 5.74) is 12.1. The Morgan fingerprint density at radius 3 is 1.18 bits per heavy atom. The van der Waals surface area contributed by atoms with Crippen molar-refractivity contribution in [2.75, 3.05) is 98.8 Å². The van der Waals surface area contributed by atoms with Crippen molar-refractivity contribution in [2.45, 2.75) is 91.1 Å². The van der Waals surface area contributed by atoms with E-state index >= 15 is 8.78 Å². The van der Waals surface area contributed by atoms with Crippen LogP contribution in [0.2, 0.25) is 0 Å². The highest BCUT2D eigenvalue weighted by Crippen LogP contribution is 2.29. The van der Waals surface area contributed by atoms with Gasteiger partial charge in [0.1, 0.15) is 11.6 Å². The number of ketones is 1. The Morgan fingerprint density at radius 1 is 0.489 bits per heavy atom. The van der Waals surface area contributed by atoms with Crippen LogP contribution in [-0.4, -0.2) is 183 Å². The molecule has 18 nitrogen and oxygen atoms in total. The van der Waals surface area contributed by atoms with Crippen molar-refractivity contribution in [3.05, 3.63) is 202 Å². The van der Waals surface area contributed by atoms with Gasteiger partial charge in [0.15, 0.2) is 25.5 Å². The van der Waals surface area contributed by atoms with E-state index in [1.807, 2.05) is 60.7 Å². The number of hydrogen-bond donors (Lipinski definition) is 1. The lowest BCUT2D eigenvalue weighted by Crippen LogP contribution is -2.55. The molecule has 0 radical (unpaired) electrons. The summed E-state index contributed by atoms with van der Waals surface area (Å²) in [7, 11) is -5.16. The Kier molecular flexibility index (Phi) is 22.4. The molecular weight excluding hydrogens is 1190 g/mol. The van der Waals surface area contributed by atoms with Crippen LogP contribution < -0.4 is 15.5 Å². The minimum absolute atomic E-state index is 0.0749. The molecule has 0 aliphatic carbocycles. The Morgan fingerprint density at radius 2 is 0.833 bits per heavy atom. The third kappa shape index (κ3) is 17.5. The molecule has 0 bridgehead atoms. The van der Waals surface area contributed by atoms with Crippen LogP contribution in [0.3, 0.4) is 0 Å². The molecule has 0 spiro atoms. The van der Waals surface area contributed by atoms with Gasteiger partial charge in [0, 0.05) is 131 Å². The first-order chi connectivity index (χ1) is 43.0. The van der Waals surface area contributed by atoms with Crippen molar-refractivity contribution in [3.63, 3.8) is 0 Å². The Balaban J connectivity index is 0.000000213. The molecule has 4 aliphatic heterocycles. The van der Waals surface area contributed by atoms with Crippen molar-refractivity contribution in [1.29, 1.82) is 0 Å². The number of esters is 1. The molecule has 90 heavy (non-hydrogen) atoms. The molecular formula is C68H83F2N9O9S2. The summed E-state index contributed by atoms with van der Waals surface area (Å²) >= 11 is 0. The molecule has 6 aromatic rings. The van der Waals surface area contributed by atoms with Gasteiger partial charge in [0.25, 0.3) is 0 Å². The maximum absolute atomic E-state index is 15.1. The first-order valence-corrected chi connectivity index (χ1v) is 34.3. The number of benzene rings is 6. The molecule has 6 aromatic carbocycles. The molecule has 4 fully saturated rings. The first kappa shape index (κ1) is 67.0. The predicted octanol–water partition coefficient (Wildman–Crippen LogP) is 8.48. The summed E-state index contributed by atoms with van der Waals surface area (Å²) in [6.07, 6.45) is 0. The second kappa shape index (κ2) is 30.1. The van der Waals surface area contributed by atoms with Crippen LogP contribution in [0.1, 0.15) is 81.8 Å². The minimum Gasteiger partial charge on any atom is -0.465 e. The second-order valence-corrected chi connectivity index (χ2v) is 28.8. The van der Waals surface area contributed by atoms with Crippen molar-refractivity contribution >= 4 is 54.9 Å². The Bertz CT molecular complexity index is 3390. The van der Waals surface area contributed by atoms with Gasteiger partial charge in [0.05, 0.1) is 55.3 Å². The quantitative estimate of drug-likeness (QED) is 0.0674. The third-order valence-electron chi connectivity index (χ3n) is 17.5. The number of rotatable bonds is 17. The van der Waals surface area contributed by atoms with Crippen LogP contribution in [0.15, 0.2) is 146 Å². The van der Waals surface area contributed by atoms with E-state index in [1.54, 1.807) is 0 Å². The number of nitrogens with zero attached hydrogens (tertiary/aromatic N) is 8. The molecule has 22 heteroatoms. The zero-order chi connectivity index (χ0) is 64.3. The van der Waals surface area contributed by atoms with Crippen LogP contribution in [0.25, 0.3) is 0 Å². The van der Waals surface area contributed by atoms with Crippen LogP contribution in [0, 0.1) is 11.6 Å². The summed E-state index contributed by atoms with van der Waals surface area (Å²) in [4.78, 5) is 67.3. The fourth-order valence-corrected chi connectivity index (χ4v) is 14.8. The topological polar surface area (TPSA) is 198 Å². The lowest BCUT2D eigenvalue weighted by atomic mass is 10.0. The van der Waals surface area contributed by atoms with E-state index in [0.717, 1.165) is 75.6 Å². The molecule has 4 aliphatic rings. The Labute approximate surface area is 528 Å². The molecule has 2 N–H and O–H groups in total. The molecule has 480 valence electrons. The van der Waals surface area contributed by atoms with Crippen molar-refractivity contribution in [3.8, 4) is 0 Å². The number of nitrogens with two attached hydrogens (primary N) is 1. The normalized spacial score (nSPS) is 20.5. The van der Waals surface area contributed by atoms with E-state index in [1.165, 1.54) is 62.1 Å². The monoisotopic (exact) mass is 1270 g/mol. The lowest BCUT2D eigenvalue weighted by molar-refractivity contribution is 0.0290. The summed E-state index contributed by atoms with van der Waals surface area (Å²) in [5.74, 6) is -2.71. The van der Waals surface area contributed by atoms with E-state index in [-0.39, 0.29) is 96.9 Å². The average molecular weight is 1270 g/mol. The van der Waals surface area contributed by atoms with Gasteiger partial charge in [-0.25, -0.2) is 40.0 Å². The van der Waals surface area contributed by atoms with Crippen LogP contribution in [0.4, 0.5) is 29.7 Å². The largest absolute Gasteiger partial charge is 0.465 e. The SMILES string of the molecule is COC(=O)c1ccc(CN(C(=O)N2CCS(=O)(=O)CC2)c2ccc(CN3[C@H](C)CN(Cc4ccccc4)C[C@@H]3C)cc2)c(F)c1.C[C@@H]1CN(Cc2ccccc2)C[C@H](C)N1Cc1ccc(N(Cc2ccc(C(=O)CN)cc2F)C(=O)N2CCS(=O)(=O)CC2)cc1. The Hall–Kier alpha value is -7.44. The predicted molar refractivity (Wildman–Crippen MR) is 346 cm³/mol. The minimum atomic E-state index is -3.19. The summed E-state index contributed by atoms with van der Waals surface area (Å²) < 4.78 is 83.0. The van der Waals surface area contributed by atoms with E-state index in [2.05, 4.69) is 95.8 Å². The van der Waals surface area contributed by atoms with Gasteiger partial charge in [-0.15, -0.1) is 0 Å². The number of Topliss-reactive ketones (excluding diaryl/α,β-unsaturated/α-hetero) is 1. The molecule has 0 saturated carbocycles. The number of carbonyl (C=O) groups excluding carboxylic acids is 4. The van der Waals surface area contributed by atoms with Crippen LogP contribution in [0.5, 0.6) is 0 Å². The van der Waals surface area contributed by atoms with Gasteiger partial charge in [-0.05, 0) is 92.4 Å². The number of halogens is 2. The smallest absolute Gasteiger partial charge is 0.337 e. The van der Waals surface area contributed by atoms with Gasteiger partial charge in [-0.2, -0.15) is 0 Å². The van der Waals surface area contributed by atoms with Gasteiger partial charge >= 0.3 is 18.0 Å². The van der Waals surface area contributed by atoms with Crippen LogP contribution >= 0.6 is 0 Å². The van der Waals surface area contributed by atoms with Crippen molar-refractivity contribution in [2.24, 2.45) is 5.73 Å². The number of ether oxygens (including phenoxy) is 1. The fourth-order valence-electron chi connectivity index (χ4n) is 12.4. The highest BCUT2D eigenvalue weighted by molar-refractivity contribution is 7.91.